The molecule has 0 radical (unpaired) electrons. The molecule has 2 aliphatic heterocycles. The number of benzene rings is 3. The van der Waals surface area contributed by atoms with Gasteiger partial charge in [0.1, 0.15) is 17.2 Å². The fraction of sp³-hybridized carbons (Fsp3) is 0.133. The van der Waals surface area contributed by atoms with Crippen LogP contribution in [0.3, 0.4) is 0 Å². The average molecular weight is 522 g/mol. The second kappa shape index (κ2) is 7.97. The van der Waals surface area contributed by atoms with E-state index in [0.29, 0.717) is 17.0 Å². The van der Waals surface area contributed by atoms with Crippen molar-refractivity contribution in [1.29, 1.82) is 0 Å². The molecule has 1 unspecified atom stereocenters. The number of amides is 2. The van der Waals surface area contributed by atoms with E-state index in [1.165, 1.54) is 17.0 Å². The molecule has 4 heterocycles. The van der Waals surface area contributed by atoms with Crippen LogP contribution < -0.4 is 15.2 Å². The Labute approximate surface area is 220 Å². The molecule has 1 atom stereocenters. The Hall–Kier alpha value is -5.05. The van der Waals surface area contributed by atoms with Crippen molar-refractivity contribution < 1.29 is 22.9 Å². The minimum absolute atomic E-state index is 0.0392. The zero-order valence-corrected chi connectivity index (χ0v) is 20.9. The molecule has 2 amide bonds. The van der Waals surface area contributed by atoms with Gasteiger partial charge >= 0.3 is 0 Å². The molecule has 0 N–H and O–H groups in total. The van der Waals surface area contributed by atoms with Crippen LogP contribution in [0, 0.1) is 19.7 Å². The van der Waals surface area contributed by atoms with E-state index in [1.807, 2.05) is 31.2 Å². The Kier molecular flexibility index (Phi) is 4.72. The largest absolute Gasteiger partial charge is 0.450 e. The lowest BCUT2D eigenvalue weighted by atomic mass is 9.84. The van der Waals surface area contributed by atoms with Crippen molar-refractivity contribution in [2.75, 3.05) is 9.80 Å². The third-order valence-electron chi connectivity index (χ3n) is 7.52. The lowest BCUT2D eigenvalue weighted by Crippen LogP contribution is -2.53. The molecule has 8 nitrogen and oxygen atoms in total. The number of nitrogens with zero attached hydrogens (tertiary/aromatic N) is 3. The summed E-state index contributed by atoms with van der Waals surface area (Å²) in [6.07, 6.45) is 0. The highest BCUT2D eigenvalue weighted by atomic mass is 19.1. The molecule has 0 fully saturated rings. The summed E-state index contributed by atoms with van der Waals surface area (Å²) in [5.41, 5.74) is 0.108. The van der Waals surface area contributed by atoms with Crippen molar-refractivity contribution in [2.24, 2.45) is 0 Å². The smallest absolute Gasteiger partial charge is 0.297 e. The molecule has 2 aromatic heterocycles. The Morgan fingerprint density at radius 2 is 1.72 bits per heavy atom. The number of hydrogen-bond donors (Lipinski definition) is 0. The van der Waals surface area contributed by atoms with Gasteiger partial charge in [0.2, 0.25) is 5.76 Å². The van der Waals surface area contributed by atoms with Crippen molar-refractivity contribution in [3.05, 3.63) is 123 Å². The Morgan fingerprint density at radius 3 is 2.49 bits per heavy atom. The SMILES string of the molecule is Cc1cc(N2C(=O)c3oc4ccc(F)cc4c(=O)c3C23C(=O)N(Cc2ccccc2C)c2ccccc23)no1. The van der Waals surface area contributed by atoms with Crippen molar-refractivity contribution in [3.63, 3.8) is 0 Å². The molecule has 0 aliphatic carbocycles. The van der Waals surface area contributed by atoms with E-state index in [0.717, 1.165) is 23.3 Å². The summed E-state index contributed by atoms with van der Waals surface area (Å²) in [5.74, 6) is -1.72. The molecule has 0 saturated carbocycles. The first-order valence-corrected chi connectivity index (χ1v) is 12.3. The third kappa shape index (κ3) is 2.98. The zero-order valence-electron chi connectivity index (χ0n) is 20.9. The van der Waals surface area contributed by atoms with Crippen LogP contribution in [0.1, 0.15) is 38.6 Å². The molecule has 2 aliphatic rings. The number of aryl methyl sites for hydroxylation is 2. The molecular weight excluding hydrogens is 501 g/mol. The highest BCUT2D eigenvalue weighted by molar-refractivity contribution is 6.24. The van der Waals surface area contributed by atoms with Gasteiger partial charge in [0.05, 0.1) is 23.2 Å². The first kappa shape index (κ1) is 23.1. The predicted octanol–water partition coefficient (Wildman–Crippen LogP) is 4.99. The number of halogens is 1. The van der Waals surface area contributed by atoms with Gasteiger partial charge in [-0.1, -0.05) is 47.6 Å². The lowest BCUT2D eigenvalue weighted by molar-refractivity contribution is -0.121. The quantitative estimate of drug-likeness (QED) is 0.332. The van der Waals surface area contributed by atoms with Gasteiger partial charge in [-0.05, 0) is 49.2 Å². The maximum absolute atomic E-state index is 14.8. The van der Waals surface area contributed by atoms with E-state index in [9.17, 15) is 18.8 Å². The molecule has 7 rings (SSSR count). The van der Waals surface area contributed by atoms with Crippen LogP contribution in [0.4, 0.5) is 15.9 Å². The second-order valence-electron chi connectivity index (χ2n) is 9.76. The van der Waals surface area contributed by atoms with Gasteiger partial charge in [0.25, 0.3) is 11.8 Å². The molecule has 5 aromatic rings. The summed E-state index contributed by atoms with van der Waals surface area (Å²) in [6, 6.07) is 19.7. The number of anilines is 2. The van der Waals surface area contributed by atoms with E-state index in [1.54, 1.807) is 36.1 Å². The zero-order chi connectivity index (χ0) is 27.1. The van der Waals surface area contributed by atoms with E-state index in [4.69, 9.17) is 8.94 Å². The van der Waals surface area contributed by atoms with E-state index >= 15 is 0 Å². The van der Waals surface area contributed by atoms with Gasteiger partial charge in [-0.2, -0.15) is 0 Å². The summed E-state index contributed by atoms with van der Waals surface area (Å²) < 4.78 is 25.5. The highest BCUT2D eigenvalue weighted by Gasteiger charge is 2.66. The number of aromatic nitrogens is 1. The first-order chi connectivity index (χ1) is 18.8. The van der Waals surface area contributed by atoms with Gasteiger partial charge < -0.3 is 13.8 Å². The van der Waals surface area contributed by atoms with Crippen LogP contribution in [-0.2, 0) is 16.9 Å². The van der Waals surface area contributed by atoms with Crippen molar-refractivity contribution >= 4 is 34.3 Å². The van der Waals surface area contributed by atoms with E-state index in [2.05, 4.69) is 5.16 Å². The number of hydrogen-bond acceptors (Lipinski definition) is 6. The van der Waals surface area contributed by atoms with Gasteiger partial charge in [0.15, 0.2) is 16.8 Å². The van der Waals surface area contributed by atoms with Gasteiger partial charge in [-0.25, -0.2) is 4.39 Å². The van der Waals surface area contributed by atoms with E-state index < -0.39 is 28.6 Å². The summed E-state index contributed by atoms with van der Waals surface area (Å²) in [4.78, 5) is 45.7. The van der Waals surface area contributed by atoms with Crippen LogP contribution >= 0.6 is 0 Å². The van der Waals surface area contributed by atoms with Gasteiger partial charge in [0, 0.05) is 11.6 Å². The maximum Gasteiger partial charge on any atom is 0.297 e. The molecule has 0 bridgehead atoms. The fourth-order valence-corrected chi connectivity index (χ4v) is 5.75. The van der Waals surface area contributed by atoms with Crippen molar-refractivity contribution in [1.82, 2.24) is 5.16 Å². The molecule has 1 spiro atoms. The Morgan fingerprint density at radius 1 is 0.949 bits per heavy atom. The molecular formula is C30H20FN3O5. The first-order valence-electron chi connectivity index (χ1n) is 12.3. The normalized spacial score (nSPS) is 17.9. The minimum atomic E-state index is -1.93. The molecule has 192 valence electrons. The molecule has 9 heteroatoms. The number of rotatable bonds is 3. The van der Waals surface area contributed by atoms with Crippen LogP contribution in [0.15, 0.2) is 86.5 Å². The van der Waals surface area contributed by atoms with Crippen LogP contribution in [0.25, 0.3) is 11.0 Å². The Balaban J connectivity index is 1.57. The molecule has 0 saturated heterocycles. The standard InChI is InChI=1S/C30H20FN3O5/c1-16-7-3-4-8-18(16)15-33-22-10-6-5-9-21(22)30(29(33)37)25-26(35)20-14-19(31)11-12-23(20)38-27(25)28(36)34(30)24-13-17(2)39-32-24/h3-14H,15H2,1-2H3. The van der Waals surface area contributed by atoms with E-state index in [-0.39, 0.29) is 34.7 Å². The van der Waals surface area contributed by atoms with Crippen LogP contribution in [0.2, 0.25) is 0 Å². The fourth-order valence-electron chi connectivity index (χ4n) is 5.75. The Bertz CT molecular complexity index is 1930. The number of fused-ring (bicyclic) bond motifs is 5. The topological polar surface area (TPSA) is 96.9 Å². The third-order valence-corrected chi connectivity index (χ3v) is 7.52. The number of carbonyl (C=O) groups excluding carboxylic acids is 2. The van der Waals surface area contributed by atoms with Crippen LogP contribution in [-0.4, -0.2) is 17.0 Å². The highest BCUT2D eigenvalue weighted by Crippen LogP contribution is 2.54. The predicted molar refractivity (Wildman–Crippen MR) is 140 cm³/mol. The van der Waals surface area contributed by atoms with Crippen molar-refractivity contribution in [3.8, 4) is 0 Å². The second-order valence-corrected chi connectivity index (χ2v) is 9.76. The van der Waals surface area contributed by atoms with Gasteiger partial charge in [-0.15, -0.1) is 0 Å². The summed E-state index contributed by atoms with van der Waals surface area (Å²) in [7, 11) is 0. The molecule has 39 heavy (non-hydrogen) atoms. The maximum atomic E-state index is 14.8. The summed E-state index contributed by atoms with van der Waals surface area (Å²) in [5, 5.41) is 3.98. The number of para-hydroxylation sites is 1. The lowest BCUT2D eigenvalue weighted by Gasteiger charge is -2.32. The minimum Gasteiger partial charge on any atom is -0.450 e. The number of carbonyl (C=O) groups is 2. The average Bonchev–Trinajstić information content (AvgIpc) is 3.54. The monoisotopic (exact) mass is 521 g/mol. The summed E-state index contributed by atoms with van der Waals surface area (Å²) >= 11 is 0. The van der Waals surface area contributed by atoms with Crippen LogP contribution in [0.5, 0.6) is 0 Å². The molecule has 3 aromatic carbocycles. The van der Waals surface area contributed by atoms with Crippen molar-refractivity contribution in [2.45, 2.75) is 25.9 Å². The van der Waals surface area contributed by atoms with Gasteiger partial charge in [-0.3, -0.25) is 19.3 Å². The summed E-state index contributed by atoms with van der Waals surface area (Å²) in [6.45, 7) is 3.81.